The van der Waals surface area contributed by atoms with Crippen LogP contribution in [0.5, 0.6) is 0 Å². The first-order valence-corrected chi connectivity index (χ1v) is 9.73. The van der Waals surface area contributed by atoms with E-state index in [-0.39, 0.29) is 41.9 Å². The molecule has 0 atom stereocenters. The average Bonchev–Trinajstić information content (AvgIpc) is 3.15. The summed E-state index contributed by atoms with van der Waals surface area (Å²) in [4.78, 5) is 28.7. The quantitative estimate of drug-likeness (QED) is 0.651. The Hall–Kier alpha value is -3.20. The SMILES string of the molecule is O=C(CCc1ncc(-c2ccc(F)cc2F)o1)Nc1ccc2c(c1)NC(=O)CS2. The molecule has 0 bridgehead atoms. The zero-order valence-electron chi connectivity index (χ0n) is 15.0. The van der Waals surface area contributed by atoms with Gasteiger partial charge in [-0.2, -0.15) is 0 Å². The number of amides is 2. The molecule has 0 saturated heterocycles. The number of hydrogen-bond donors (Lipinski definition) is 2. The van der Waals surface area contributed by atoms with Crippen LogP contribution in [0.3, 0.4) is 0 Å². The Morgan fingerprint density at radius 2 is 2.10 bits per heavy atom. The van der Waals surface area contributed by atoms with E-state index in [0.29, 0.717) is 17.1 Å². The molecule has 1 aliphatic heterocycles. The van der Waals surface area contributed by atoms with Gasteiger partial charge in [-0.25, -0.2) is 13.8 Å². The molecule has 9 heteroatoms. The summed E-state index contributed by atoms with van der Waals surface area (Å²) in [7, 11) is 0. The van der Waals surface area contributed by atoms with Crippen LogP contribution in [0, 0.1) is 11.6 Å². The Balaban J connectivity index is 1.36. The Morgan fingerprint density at radius 1 is 1.24 bits per heavy atom. The van der Waals surface area contributed by atoms with E-state index >= 15 is 0 Å². The number of benzene rings is 2. The number of carbonyl (C=O) groups excluding carboxylic acids is 2. The van der Waals surface area contributed by atoms with Crippen LogP contribution in [0.2, 0.25) is 0 Å². The first-order valence-electron chi connectivity index (χ1n) is 8.74. The number of thioether (sulfide) groups is 1. The predicted molar refractivity (Wildman–Crippen MR) is 105 cm³/mol. The van der Waals surface area contributed by atoms with E-state index in [1.54, 1.807) is 12.1 Å². The molecule has 148 valence electrons. The van der Waals surface area contributed by atoms with Gasteiger partial charge in [-0.3, -0.25) is 9.59 Å². The number of fused-ring (bicyclic) bond motifs is 1. The average molecular weight is 415 g/mol. The maximum atomic E-state index is 13.8. The number of anilines is 2. The smallest absolute Gasteiger partial charge is 0.234 e. The van der Waals surface area contributed by atoms with Crippen LogP contribution in [0.4, 0.5) is 20.2 Å². The number of rotatable bonds is 5. The minimum atomic E-state index is -0.747. The fourth-order valence-electron chi connectivity index (χ4n) is 2.84. The highest BCUT2D eigenvalue weighted by Crippen LogP contribution is 2.33. The van der Waals surface area contributed by atoms with E-state index < -0.39 is 11.6 Å². The highest BCUT2D eigenvalue weighted by molar-refractivity contribution is 8.00. The fourth-order valence-corrected chi connectivity index (χ4v) is 3.63. The summed E-state index contributed by atoms with van der Waals surface area (Å²) in [5.74, 6) is -0.950. The fraction of sp³-hybridized carbons (Fsp3) is 0.150. The number of nitrogens with zero attached hydrogens (tertiary/aromatic N) is 1. The third-order valence-electron chi connectivity index (χ3n) is 4.21. The van der Waals surface area contributed by atoms with E-state index in [9.17, 15) is 18.4 Å². The van der Waals surface area contributed by atoms with Crippen LogP contribution in [0.1, 0.15) is 12.3 Å². The van der Waals surface area contributed by atoms with Crippen LogP contribution in [-0.4, -0.2) is 22.6 Å². The summed E-state index contributed by atoms with van der Waals surface area (Å²) in [5, 5.41) is 5.53. The molecule has 1 aliphatic rings. The van der Waals surface area contributed by atoms with Crippen LogP contribution >= 0.6 is 11.8 Å². The van der Waals surface area contributed by atoms with Crippen molar-refractivity contribution < 1.29 is 22.8 Å². The van der Waals surface area contributed by atoms with Crippen molar-refractivity contribution in [2.75, 3.05) is 16.4 Å². The molecule has 3 aromatic rings. The third kappa shape index (κ3) is 4.45. The van der Waals surface area contributed by atoms with Gasteiger partial charge in [-0.05, 0) is 30.3 Å². The highest BCUT2D eigenvalue weighted by atomic mass is 32.2. The van der Waals surface area contributed by atoms with Gasteiger partial charge >= 0.3 is 0 Å². The zero-order valence-corrected chi connectivity index (χ0v) is 15.8. The lowest BCUT2D eigenvalue weighted by Gasteiger charge is -2.17. The molecule has 0 unspecified atom stereocenters. The van der Waals surface area contributed by atoms with E-state index in [4.69, 9.17) is 4.42 Å². The summed E-state index contributed by atoms with van der Waals surface area (Å²) in [5.41, 5.74) is 1.34. The highest BCUT2D eigenvalue weighted by Gasteiger charge is 2.16. The molecule has 2 amide bonds. The molecule has 0 radical (unpaired) electrons. The minimum absolute atomic E-state index is 0.0803. The van der Waals surface area contributed by atoms with Crippen molar-refractivity contribution in [2.24, 2.45) is 0 Å². The number of aromatic nitrogens is 1. The van der Waals surface area contributed by atoms with Crippen LogP contribution in [-0.2, 0) is 16.0 Å². The van der Waals surface area contributed by atoms with Crippen molar-refractivity contribution in [3.05, 3.63) is 60.1 Å². The van der Waals surface area contributed by atoms with Crippen molar-refractivity contribution in [2.45, 2.75) is 17.7 Å². The number of nitrogens with one attached hydrogen (secondary N) is 2. The second kappa shape index (κ2) is 8.04. The zero-order chi connectivity index (χ0) is 20.4. The molecule has 6 nitrogen and oxygen atoms in total. The molecule has 29 heavy (non-hydrogen) atoms. The summed E-state index contributed by atoms with van der Waals surface area (Å²) in [6.07, 6.45) is 1.66. The second-order valence-corrected chi connectivity index (χ2v) is 7.36. The van der Waals surface area contributed by atoms with E-state index in [1.807, 2.05) is 6.07 Å². The summed E-state index contributed by atoms with van der Waals surface area (Å²) in [6, 6.07) is 8.49. The molecule has 2 aromatic carbocycles. The Morgan fingerprint density at radius 3 is 2.93 bits per heavy atom. The van der Waals surface area contributed by atoms with Gasteiger partial charge in [0.15, 0.2) is 11.7 Å². The Kier molecular flexibility index (Phi) is 5.30. The summed E-state index contributed by atoms with van der Waals surface area (Å²) in [6.45, 7) is 0. The van der Waals surface area contributed by atoms with E-state index in [1.165, 1.54) is 24.0 Å². The predicted octanol–water partition coefficient (Wildman–Crippen LogP) is 4.24. The molecule has 2 N–H and O–H groups in total. The number of carbonyl (C=O) groups is 2. The number of aryl methyl sites for hydroxylation is 1. The molecular formula is C20H15F2N3O3S. The van der Waals surface area contributed by atoms with Gasteiger partial charge in [-0.1, -0.05) is 0 Å². The molecule has 1 aromatic heterocycles. The molecule has 2 heterocycles. The summed E-state index contributed by atoms with van der Waals surface area (Å²) < 4.78 is 32.3. The van der Waals surface area contributed by atoms with Gasteiger partial charge in [0.05, 0.1) is 23.2 Å². The van der Waals surface area contributed by atoms with Crippen LogP contribution in [0.15, 0.2) is 51.9 Å². The monoisotopic (exact) mass is 415 g/mol. The topological polar surface area (TPSA) is 84.2 Å². The van der Waals surface area contributed by atoms with Gasteiger partial charge in [0.2, 0.25) is 11.8 Å². The van der Waals surface area contributed by atoms with Gasteiger partial charge in [0.25, 0.3) is 0 Å². The van der Waals surface area contributed by atoms with Crippen molar-refractivity contribution in [3.63, 3.8) is 0 Å². The normalized spacial score (nSPS) is 13.0. The lowest BCUT2D eigenvalue weighted by molar-refractivity contribution is -0.116. The Labute approximate surface area is 168 Å². The standard InChI is InChI=1S/C20H15F2N3O3S/c21-11-1-3-13(14(22)7-11)16-9-23-20(28-16)6-5-18(26)24-12-2-4-17-15(8-12)25-19(27)10-29-17/h1-4,7-9H,5-6,10H2,(H,24,26)(H,25,27). The first kappa shape index (κ1) is 19.1. The van der Waals surface area contributed by atoms with Crippen LogP contribution in [0.25, 0.3) is 11.3 Å². The maximum Gasteiger partial charge on any atom is 0.234 e. The molecule has 0 saturated carbocycles. The van der Waals surface area contributed by atoms with E-state index in [0.717, 1.165) is 17.0 Å². The van der Waals surface area contributed by atoms with Crippen LogP contribution < -0.4 is 10.6 Å². The number of hydrogen-bond acceptors (Lipinski definition) is 5. The van der Waals surface area contributed by atoms with Crippen molar-refractivity contribution in [3.8, 4) is 11.3 Å². The maximum absolute atomic E-state index is 13.8. The lowest BCUT2D eigenvalue weighted by Crippen LogP contribution is -2.19. The molecule has 0 spiro atoms. The van der Waals surface area contributed by atoms with Gasteiger partial charge in [0.1, 0.15) is 11.6 Å². The molecule has 4 rings (SSSR count). The van der Waals surface area contributed by atoms with Gasteiger partial charge in [-0.15, -0.1) is 11.8 Å². The van der Waals surface area contributed by atoms with Gasteiger partial charge < -0.3 is 15.1 Å². The molecule has 0 fully saturated rings. The number of halogens is 2. The Bertz CT molecular complexity index is 1100. The third-order valence-corrected chi connectivity index (χ3v) is 5.29. The lowest BCUT2D eigenvalue weighted by atomic mass is 10.2. The van der Waals surface area contributed by atoms with E-state index in [2.05, 4.69) is 15.6 Å². The minimum Gasteiger partial charge on any atom is -0.441 e. The van der Waals surface area contributed by atoms with Crippen molar-refractivity contribution in [1.29, 1.82) is 0 Å². The summed E-state index contributed by atoms with van der Waals surface area (Å²) >= 11 is 1.44. The molecular weight excluding hydrogens is 400 g/mol. The van der Waals surface area contributed by atoms with Crippen molar-refractivity contribution in [1.82, 2.24) is 4.98 Å². The van der Waals surface area contributed by atoms with Crippen molar-refractivity contribution >= 4 is 35.0 Å². The number of oxazole rings is 1. The molecule has 0 aliphatic carbocycles. The second-order valence-electron chi connectivity index (χ2n) is 6.34. The first-order chi connectivity index (χ1) is 14.0. The largest absolute Gasteiger partial charge is 0.441 e. The van der Waals surface area contributed by atoms with Gasteiger partial charge in [0, 0.05) is 29.5 Å².